The van der Waals surface area contributed by atoms with Gasteiger partial charge in [0.15, 0.2) is 0 Å². The van der Waals surface area contributed by atoms with Gasteiger partial charge in [-0.1, -0.05) is 0 Å². The van der Waals surface area contributed by atoms with Crippen molar-refractivity contribution in [1.29, 1.82) is 0 Å². The zero-order chi connectivity index (χ0) is 9.14. The van der Waals surface area contributed by atoms with Gasteiger partial charge in [0.05, 0.1) is 12.7 Å². The Morgan fingerprint density at radius 3 is 2.83 bits per heavy atom. The van der Waals surface area contributed by atoms with Gasteiger partial charge in [-0.3, -0.25) is 4.79 Å². The zero-order valence-electron chi connectivity index (χ0n) is 7.07. The third kappa shape index (κ3) is 1.62. The Bertz CT molecular complexity index is 280. The van der Waals surface area contributed by atoms with Crippen LogP contribution in [0.4, 0.5) is 0 Å². The van der Waals surface area contributed by atoms with Crippen molar-refractivity contribution in [2.24, 2.45) is 5.73 Å². The SMILES string of the molecule is CN(C)C(=O)c1cnc(CN)o1. The second-order valence-corrected chi connectivity index (χ2v) is 2.52. The van der Waals surface area contributed by atoms with Crippen LogP contribution in [0.3, 0.4) is 0 Å². The van der Waals surface area contributed by atoms with E-state index in [1.807, 2.05) is 0 Å². The number of hydrogen-bond donors (Lipinski definition) is 1. The molecule has 1 heterocycles. The lowest BCUT2D eigenvalue weighted by molar-refractivity contribution is 0.0795. The monoisotopic (exact) mass is 169 g/mol. The summed E-state index contributed by atoms with van der Waals surface area (Å²) in [5.41, 5.74) is 5.26. The van der Waals surface area contributed by atoms with Gasteiger partial charge in [0.2, 0.25) is 11.7 Å². The van der Waals surface area contributed by atoms with E-state index in [0.717, 1.165) is 0 Å². The number of oxazole rings is 1. The van der Waals surface area contributed by atoms with Crippen molar-refractivity contribution in [2.45, 2.75) is 6.54 Å². The second kappa shape index (κ2) is 3.36. The Hall–Kier alpha value is -1.36. The molecule has 5 heteroatoms. The molecule has 0 bridgehead atoms. The molecule has 0 saturated heterocycles. The molecule has 0 aliphatic carbocycles. The lowest BCUT2D eigenvalue weighted by atomic mass is 10.4. The van der Waals surface area contributed by atoms with Crippen LogP contribution in [-0.2, 0) is 6.54 Å². The second-order valence-electron chi connectivity index (χ2n) is 2.52. The van der Waals surface area contributed by atoms with E-state index in [0.29, 0.717) is 5.89 Å². The van der Waals surface area contributed by atoms with Crippen molar-refractivity contribution in [1.82, 2.24) is 9.88 Å². The molecule has 0 aliphatic heterocycles. The highest BCUT2D eigenvalue weighted by Crippen LogP contribution is 2.04. The molecule has 0 unspecified atom stereocenters. The molecule has 0 atom stereocenters. The van der Waals surface area contributed by atoms with E-state index >= 15 is 0 Å². The summed E-state index contributed by atoms with van der Waals surface area (Å²) in [7, 11) is 3.29. The van der Waals surface area contributed by atoms with Gasteiger partial charge in [0.1, 0.15) is 0 Å². The number of nitrogens with zero attached hydrogens (tertiary/aromatic N) is 2. The summed E-state index contributed by atoms with van der Waals surface area (Å²) in [6, 6.07) is 0. The van der Waals surface area contributed by atoms with Gasteiger partial charge in [0, 0.05) is 14.1 Å². The Morgan fingerprint density at radius 2 is 2.42 bits per heavy atom. The van der Waals surface area contributed by atoms with Crippen LogP contribution in [-0.4, -0.2) is 29.9 Å². The molecule has 5 nitrogen and oxygen atoms in total. The van der Waals surface area contributed by atoms with Gasteiger partial charge in [-0.25, -0.2) is 4.98 Å². The number of hydrogen-bond acceptors (Lipinski definition) is 4. The van der Waals surface area contributed by atoms with E-state index in [-0.39, 0.29) is 18.2 Å². The van der Waals surface area contributed by atoms with E-state index in [2.05, 4.69) is 4.98 Å². The number of carbonyl (C=O) groups is 1. The van der Waals surface area contributed by atoms with Crippen molar-refractivity contribution in [3.63, 3.8) is 0 Å². The van der Waals surface area contributed by atoms with Crippen molar-refractivity contribution in [2.75, 3.05) is 14.1 Å². The molecule has 1 aromatic heterocycles. The minimum atomic E-state index is -0.206. The third-order valence-corrected chi connectivity index (χ3v) is 1.35. The Morgan fingerprint density at radius 1 is 1.75 bits per heavy atom. The van der Waals surface area contributed by atoms with Crippen LogP contribution in [0.15, 0.2) is 10.6 Å². The van der Waals surface area contributed by atoms with E-state index in [4.69, 9.17) is 10.2 Å². The van der Waals surface area contributed by atoms with Crippen molar-refractivity contribution in [3.05, 3.63) is 17.8 Å². The fourth-order valence-electron chi connectivity index (χ4n) is 0.724. The Labute approximate surface area is 70.2 Å². The molecular weight excluding hydrogens is 158 g/mol. The molecule has 0 radical (unpaired) electrons. The summed E-state index contributed by atoms with van der Waals surface area (Å²) >= 11 is 0. The summed E-state index contributed by atoms with van der Waals surface area (Å²) in [6.07, 6.45) is 1.38. The molecule has 0 aromatic carbocycles. The summed E-state index contributed by atoms with van der Waals surface area (Å²) in [5, 5.41) is 0. The van der Waals surface area contributed by atoms with E-state index in [1.54, 1.807) is 14.1 Å². The maximum Gasteiger partial charge on any atom is 0.290 e. The maximum atomic E-state index is 11.2. The lowest BCUT2D eigenvalue weighted by Gasteiger charge is -2.05. The summed E-state index contributed by atoms with van der Waals surface area (Å²) < 4.78 is 5.03. The molecule has 0 aliphatic rings. The Kier molecular flexibility index (Phi) is 2.44. The van der Waals surface area contributed by atoms with Crippen LogP contribution in [0.5, 0.6) is 0 Å². The molecule has 1 rings (SSSR count). The highest BCUT2D eigenvalue weighted by molar-refractivity contribution is 5.90. The first-order valence-corrected chi connectivity index (χ1v) is 3.51. The minimum absolute atomic E-state index is 0.206. The normalized spacial score (nSPS) is 9.92. The molecule has 0 spiro atoms. The predicted octanol–water partition coefficient (Wildman–Crippen LogP) is -0.165. The molecule has 2 N–H and O–H groups in total. The molecule has 1 aromatic rings. The average molecular weight is 169 g/mol. The van der Waals surface area contributed by atoms with Gasteiger partial charge in [-0.2, -0.15) is 0 Å². The standard InChI is InChI=1S/C7H11N3O2/c1-10(2)7(11)5-4-9-6(3-8)12-5/h4H,3,8H2,1-2H3. The van der Waals surface area contributed by atoms with Gasteiger partial charge < -0.3 is 15.1 Å². The van der Waals surface area contributed by atoms with Crippen LogP contribution >= 0.6 is 0 Å². The fourth-order valence-corrected chi connectivity index (χ4v) is 0.724. The number of carbonyl (C=O) groups excluding carboxylic acids is 1. The van der Waals surface area contributed by atoms with Crippen molar-refractivity contribution >= 4 is 5.91 Å². The van der Waals surface area contributed by atoms with Crippen LogP contribution in [0.25, 0.3) is 0 Å². The van der Waals surface area contributed by atoms with Gasteiger partial charge in [-0.05, 0) is 0 Å². The molecule has 1 amide bonds. The molecule has 0 fully saturated rings. The first-order valence-electron chi connectivity index (χ1n) is 3.51. The minimum Gasteiger partial charge on any atom is -0.434 e. The first-order chi connectivity index (χ1) is 5.65. The fraction of sp³-hybridized carbons (Fsp3) is 0.429. The van der Waals surface area contributed by atoms with E-state index in [1.165, 1.54) is 11.1 Å². The quantitative estimate of drug-likeness (QED) is 0.667. The summed E-state index contributed by atoms with van der Waals surface area (Å²) in [4.78, 5) is 16.4. The van der Waals surface area contributed by atoms with Crippen LogP contribution in [0, 0.1) is 0 Å². The third-order valence-electron chi connectivity index (χ3n) is 1.35. The Balaban J connectivity index is 2.82. The van der Waals surface area contributed by atoms with Crippen LogP contribution < -0.4 is 5.73 Å². The van der Waals surface area contributed by atoms with Crippen LogP contribution in [0.2, 0.25) is 0 Å². The smallest absolute Gasteiger partial charge is 0.290 e. The number of nitrogens with two attached hydrogens (primary N) is 1. The summed E-state index contributed by atoms with van der Waals surface area (Å²) in [6.45, 7) is 0.209. The lowest BCUT2D eigenvalue weighted by Crippen LogP contribution is -2.20. The zero-order valence-corrected chi connectivity index (χ0v) is 7.07. The van der Waals surface area contributed by atoms with E-state index in [9.17, 15) is 4.79 Å². The number of amides is 1. The molecule has 66 valence electrons. The maximum absolute atomic E-state index is 11.2. The van der Waals surface area contributed by atoms with Crippen LogP contribution in [0.1, 0.15) is 16.4 Å². The highest BCUT2D eigenvalue weighted by atomic mass is 16.4. The number of aromatic nitrogens is 1. The van der Waals surface area contributed by atoms with Gasteiger partial charge in [-0.15, -0.1) is 0 Å². The topological polar surface area (TPSA) is 72.4 Å². The van der Waals surface area contributed by atoms with Gasteiger partial charge >= 0.3 is 0 Å². The highest BCUT2D eigenvalue weighted by Gasteiger charge is 2.12. The van der Waals surface area contributed by atoms with Gasteiger partial charge in [0.25, 0.3) is 5.91 Å². The number of rotatable bonds is 2. The van der Waals surface area contributed by atoms with E-state index < -0.39 is 0 Å². The first kappa shape index (κ1) is 8.73. The average Bonchev–Trinajstić information content (AvgIpc) is 2.50. The summed E-state index contributed by atoms with van der Waals surface area (Å²) in [5.74, 6) is 0.392. The van der Waals surface area contributed by atoms with Crippen molar-refractivity contribution in [3.8, 4) is 0 Å². The molecule has 0 saturated carbocycles. The molecular formula is C7H11N3O2. The molecule has 12 heavy (non-hydrogen) atoms. The largest absolute Gasteiger partial charge is 0.434 e. The predicted molar refractivity (Wildman–Crippen MR) is 42.4 cm³/mol. The van der Waals surface area contributed by atoms with Crippen molar-refractivity contribution < 1.29 is 9.21 Å².